The number of benzene rings is 1. The third kappa shape index (κ3) is 5.16. The molecule has 0 bridgehead atoms. The molecule has 0 atom stereocenters. The Bertz CT molecular complexity index is 742. The van der Waals surface area contributed by atoms with Gasteiger partial charge in [0.1, 0.15) is 12.4 Å². The largest absolute Gasteiger partial charge is 0.490 e. The van der Waals surface area contributed by atoms with Crippen LogP contribution < -0.4 is 15.4 Å². The van der Waals surface area contributed by atoms with E-state index in [1.807, 2.05) is 32.0 Å². The van der Waals surface area contributed by atoms with Crippen LogP contribution in [0.4, 0.5) is 16.3 Å². The molecule has 1 aliphatic rings. The second-order valence-electron chi connectivity index (χ2n) is 6.52. The van der Waals surface area contributed by atoms with Gasteiger partial charge in [0.15, 0.2) is 5.82 Å². The van der Waals surface area contributed by atoms with Gasteiger partial charge in [-0.25, -0.2) is 9.78 Å². The van der Waals surface area contributed by atoms with E-state index in [1.54, 1.807) is 6.20 Å². The van der Waals surface area contributed by atoms with Crippen molar-refractivity contribution >= 4 is 17.5 Å². The van der Waals surface area contributed by atoms with Crippen LogP contribution in [0, 0.1) is 13.8 Å². The third-order valence-corrected chi connectivity index (χ3v) is 4.27. The van der Waals surface area contributed by atoms with Crippen LogP contribution in [-0.4, -0.2) is 47.1 Å². The van der Waals surface area contributed by atoms with Crippen LogP contribution in [0.3, 0.4) is 0 Å². The van der Waals surface area contributed by atoms with E-state index in [9.17, 15) is 4.79 Å². The van der Waals surface area contributed by atoms with Crippen molar-refractivity contribution in [1.82, 2.24) is 14.9 Å². The molecule has 7 nitrogen and oxygen atoms in total. The second kappa shape index (κ2) is 8.62. The van der Waals surface area contributed by atoms with Crippen LogP contribution in [0.5, 0.6) is 5.75 Å². The number of urea groups is 1. The number of ether oxygens (including phenoxy) is 1. The number of likely N-dealkylation sites (tertiary alicyclic amines) is 1. The first-order valence-electron chi connectivity index (χ1n) is 8.92. The van der Waals surface area contributed by atoms with Crippen LogP contribution in [-0.2, 0) is 0 Å². The number of hydrogen-bond acceptors (Lipinski definition) is 5. The SMILES string of the molecule is Cc1ccc(OCCN2CCCC2)c(NC(=O)Nc2cnc(C)cn2)c1. The minimum absolute atomic E-state index is 0.377. The van der Waals surface area contributed by atoms with Crippen LogP contribution in [0.2, 0.25) is 0 Å². The number of anilines is 2. The molecule has 2 aromatic rings. The zero-order valence-electron chi connectivity index (χ0n) is 15.3. The van der Waals surface area contributed by atoms with Crippen LogP contribution in [0.25, 0.3) is 0 Å². The summed E-state index contributed by atoms with van der Waals surface area (Å²) in [5.74, 6) is 1.07. The number of carbonyl (C=O) groups is 1. The van der Waals surface area contributed by atoms with Crippen LogP contribution >= 0.6 is 0 Å². The maximum atomic E-state index is 12.3. The lowest BCUT2D eigenvalue weighted by atomic mass is 10.2. The number of nitrogens with one attached hydrogen (secondary N) is 2. The van der Waals surface area contributed by atoms with Gasteiger partial charge in [0.2, 0.25) is 0 Å². The fourth-order valence-electron chi connectivity index (χ4n) is 2.89. The Labute approximate surface area is 153 Å². The van der Waals surface area contributed by atoms with E-state index in [2.05, 4.69) is 25.5 Å². The van der Waals surface area contributed by atoms with Gasteiger partial charge < -0.3 is 10.1 Å². The summed E-state index contributed by atoms with van der Waals surface area (Å²) < 4.78 is 5.91. The summed E-state index contributed by atoms with van der Waals surface area (Å²) in [6.45, 7) is 7.60. The highest BCUT2D eigenvalue weighted by molar-refractivity contribution is 6.00. The summed E-state index contributed by atoms with van der Waals surface area (Å²) in [5.41, 5.74) is 2.48. The number of carbonyl (C=O) groups excluding carboxylic acids is 1. The van der Waals surface area contributed by atoms with Crippen molar-refractivity contribution in [3.05, 3.63) is 41.9 Å². The van der Waals surface area contributed by atoms with Gasteiger partial charge in [0.05, 0.1) is 23.8 Å². The van der Waals surface area contributed by atoms with Crippen LogP contribution in [0.15, 0.2) is 30.6 Å². The quantitative estimate of drug-likeness (QED) is 0.832. The van der Waals surface area contributed by atoms with Crippen molar-refractivity contribution in [2.24, 2.45) is 0 Å². The topological polar surface area (TPSA) is 79.4 Å². The van der Waals surface area contributed by atoms with E-state index in [0.29, 0.717) is 23.9 Å². The first kappa shape index (κ1) is 18.1. The van der Waals surface area contributed by atoms with Gasteiger partial charge >= 0.3 is 6.03 Å². The first-order valence-corrected chi connectivity index (χ1v) is 8.92. The number of aromatic nitrogens is 2. The Hall–Kier alpha value is -2.67. The summed E-state index contributed by atoms with van der Waals surface area (Å²) in [7, 11) is 0. The van der Waals surface area contributed by atoms with Gasteiger partial charge in [-0.05, 0) is 57.5 Å². The van der Waals surface area contributed by atoms with Crippen molar-refractivity contribution in [2.45, 2.75) is 26.7 Å². The third-order valence-electron chi connectivity index (χ3n) is 4.27. The maximum absolute atomic E-state index is 12.3. The summed E-state index contributed by atoms with van der Waals surface area (Å²) >= 11 is 0. The lowest BCUT2D eigenvalue weighted by Crippen LogP contribution is -2.25. The van der Waals surface area contributed by atoms with Gasteiger partial charge in [-0.1, -0.05) is 6.07 Å². The molecule has 2 heterocycles. The number of amides is 2. The Morgan fingerprint density at radius 1 is 1.15 bits per heavy atom. The van der Waals surface area contributed by atoms with E-state index in [0.717, 1.165) is 30.9 Å². The van der Waals surface area contributed by atoms with Gasteiger partial charge in [-0.15, -0.1) is 0 Å². The van der Waals surface area contributed by atoms with Crippen molar-refractivity contribution in [1.29, 1.82) is 0 Å². The average Bonchev–Trinajstić information content (AvgIpc) is 3.12. The molecule has 26 heavy (non-hydrogen) atoms. The molecule has 1 aromatic heterocycles. The number of aryl methyl sites for hydroxylation is 2. The minimum atomic E-state index is -0.377. The predicted molar refractivity (Wildman–Crippen MR) is 102 cm³/mol. The molecule has 1 aliphatic heterocycles. The standard InChI is InChI=1S/C19H25N5O2/c1-14-5-6-17(26-10-9-24-7-3-4-8-24)16(11-14)22-19(25)23-18-13-20-15(2)12-21-18/h5-6,11-13H,3-4,7-10H2,1-2H3,(H2,21,22,23,25). The van der Waals surface area contributed by atoms with Crippen molar-refractivity contribution in [2.75, 3.05) is 36.9 Å². The van der Waals surface area contributed by atoms with Gasteiger partial charge in [-0.2, -0.15) is 0 Å². The Kier molecular flexibility index (Phi) is 6.01. The highest BCUT2D eigenvalue weighted by Gasteiger charge is 2.13. The molecule has 0 unspecified atom stereocenters. The number of hydrogen-bond donors (Lipinski definition) is 2. The van der Waals surface area contributed by atoms with Gasteiger partial charge in [-0.3, -0.25) is 15.2 Å². The minimum Gasteiger partial charge on any atom is -0.490 e. The lowest BCUT2D eigenvalue weighted by molar-refractivity contribution is 0.238. The highest BCUT2D eigenvalue weighted by atomic mass is 16.5. The monoisotopic (exact) mass is 355 g/mol. The van der Waals surface area contributed by atoms with E-state index < -0.39 is 0 Å². The van der Waals surface area contributed by atoms with E-state index >= 15 is 0 Å². The molecule has 0 saturated carbocycles. The molecule has 1 aromatic carbocycles. The first-order chi connectivity index (χ1) is 12.6. The summed E-state index contributed by atoms with van der Waals surface area (Å²) in [5, 5.41) is 5.51. The summed E-state index contributed by atoms with van der Waals surface area (Å²) in [4.78, 5) is 22.9. The normalized spacial score (nSPS) is 14.2. The fraction of sp³-hybridized carbons (Fsp3) is 0.421. The maximum Gasteiger partial charge on any atom is 0.324 e. The molecule has 1 fully saturated rings. The summed E-state index contributed by atoms with van der Waals surface area (Å²) in [6.07, 6.45) is 5.66. The van der Waals surface area contributed by atoms with Gasteiger partial charge in [0, 0.05) is 6.54 Å². The lowest BCUT2D eigenvalue weighted by Gasteiger charge is -2.17. The van der Waals surface area contributed by atoms with Crippen LogP contribution in [0.1, 0.15) is 24.1 Å². The summed E-state index contributed by atoms with van der Waals surface area (Å²) in [6, 6.07) is 5.38. The second-order valence-corrected chi connectivity index (χ2v) is 6.52. The Balaban J connectivity index is 1.59. The Morgan fingerprint density at radius 2 is 1.96 bits per heavy atom. The van der Waals surface area contributed by atoms with Crippen molar-refractivity contribution < 1.29 is 9.53 Å². The molecule has 3 rings (SSSR count). The molecule has 2 amide bonds. The Morgan fingerprint density at radius 3 is 2.69 bits per heavy atom. The predicted octanol–water partition coefficient (Wildman–Crippen LogP) is 3.21. The van der Waals surface area contributed by atoms with Crippen molar-refractivity contribution in [3.8, 4) is 5.75 Å². The number of nitrogens with zero attached hydrogens (tertiary/aromatic N) is 3. The average molecular weight is 355 g/mol. The molecule has 0 spiro atoms. The highest BCUT2D eigenvalue weighted by Crippen LogP contribution is 2.26. The smallest absolute Gasteiger partial charge is 0.324 e. The van der Waals surface area contributed by atoms with E-state index in [-0.39, 0.29) is 6.03 Å². The molecular formula is C19H25N5O2. The number of rotatable bonds is 6. The van der Waals surface area contributed by atoms with Gasteiger partial charge in [0.25, 0.3) is 0 Å². The fourth-order valence-corrected chi connectivity index (χ4v) is 2.89. The molecule has 7 heteroatoms. The molecule has 2 N–H and O–H groups in total. The zero-order chi connectivity index (χ0) is 18.4. The molecule has 0 aliphatic carbocycles. The molecule has 138 valence electrons. The molecule has 1 saturated heterocycles. The van der Waals surface area contributed by atoms with E-state index in [4.69, 9.17) is 4.74 Å². The molecule has 0 radical (unpaired) electrons. The van der Waals surface area contributed by atoms with E-state index in [1.165, 1.54) is 19.0 Å². The molecular weight excluding hydrogens is 330 g/mol. The van der Waals surface area contributed by atoms with Crippen molar-refractivity contribution in [3.63, 3.8) is 0 Å². The zero-order valence-corrected chi connectivity index (χ0v) is 15.3.